The first kappa shape index (κ1) is 18.1. The molecule has 1 atom stereocenters. The van der Waals surface area contributed by atoms with Crippen molar-refractivity contribution in [3.05, 3.63) is 66.8 Å². The molecule has 7 nitrogen and oxygen atoms in total. The number of nitrogens with one attached hydrogen (secondary N) is 1. The third-order valence-electron chi connectivity index (χ3n) is 6.53. The van der Waals surface area contributed by atoms with Crippen molar-refractivity contribution in [2.45, 2.75) is 31.8 Å². The maximum absolute atomic E-state index is 13.5. The van der Waals surface area contributed by atoms with Crippen LogP contribution < -0.4 is 5.32 Å². The van der Waals surface area contributed by atoms with Crippen molar-refractivity contribution >= 4 is 5.91 Å². The van der Waals surface area contributed by atoms with E-state index in [1.165, 1.54) is 0 Å². The molecule has 1 aliphatic carbocycles. The number of carbonyl (C=O) groups excluding carboxylic acids is 1. The lowest BCUT2D eigenvalue weighted by Crippen LogP contribution is -2.39. The maximum Gasteiger partial charge on any atom is 0.254 e. The molecule has 2 aliphatic rings. The first-order valence-corrected chi connectivity index (χ1v) is 10.2. The van der Waals surface area contributed by atoms with Crippen LogP contribution in [0, 0.1) is 5.41 Å². The molecular formula is C22H26N6O. The minimum absolute atomic E-state index is 0.0885. The van der Waals surface area contributed by atoms with Crippen LogP contribution in [-0.2, 0) is 13.6 Å². The summed E-state index contributed by atoms with van der Waals surface area (Å²) < 4.78 is 3.94. The summed E-state index contributed by atoms with van der Waals surface area (Å²) in [7, 11) is 1.98. The van der Waals surface area contributed by atoms with Gasteiger partial charge < -0.3 is 19.4 Å². The molecule has 2 aromatic heterocycles. The number of nitrogens with zero attached hydrogens (tertiary/aromatic N) is 5. The van der Waals surface area contributed by atoms with Gasteiger partial charge in [0.05, 0.1) is 12.9 Å². The van der Waals surface area contributed by atoms with Gasteiger partial charge in [-0.05, 0) is 62.0 Å². The van der Waals surface area contributed by atoms with Crippen LogP contribution in [-0.4, -0.2) is 49.0 Å². The molecule has 150 valence electrons. The van der Waals surface area contributed by atoms with E-state index < -0.39 is 0 Å². The number of amides is 1. The molecule has 0 radical (unpaired) electrons. The molecule has 1 N–H and O–H groups in total. The molecule has 1 amide bonds. The molecule has 1 aliphatic heterocycles. The Kier molecular flexibility index (Phi) is 4.47. The Labute approximate surface area is 170 Å². The van der Waals surface area contributed by atoms with Crippen molar-refractivity contribution in [3.63, 3.8) is 0 Å². The Hall–Kier alpha value is -2.93. The zero-order valence-corrected chi connectivity index (χ0v) is 16.7. The molecule has 3 aromatic rings. The van der Waals surface area contributed by atoms with Crippen LogP contribution in [0.25, 0.3) is 5.69 Å². The number of hydrogen-bond acceptors (Lipinski definition) is 4. The van der Waals surface area contributed by atoms with Crippen molar-refractivity contribution in [2.24, 2.45) is 12.5 Å². The van der Waals surface area contributed by atoms with Gasteiger partial charge in [-0.25, -0.2) is 9.97 Å². The van der Waals surface area contributed by atoms with Gasteiger partial charge in [0, 0.05) is 49.1 Å². The van der Waals surface area contributed by atoms with Crippen LogP contribution in [0.4, 0.5) is 0 Å². The first-order chi connectivity index (χ1) is 14.2. The summed E-state index contributed by atoms with van der Waals surface area (Å²) in [5, 5.41) is 3.45. The van der Waals surface area contributed by atoms with Crippen LogP contribution in [0.15, 0.2) is 55.4 Å². The van der Waals surface area contributed by atoms with Gasteiger partial charge in [0.15, 0.2) is 0 Å². The number of aromatic nitrogens is 4. The zero-order chi connectivity index (χ0) is 19.8. The van der Waals surface area contributed by atoms with E-state index in [0.29, 0.717) is 12.6 Å². The normalized spacial score (nSPS) is 20.0. The highest BCUT2D eigenvalue weighted by Crippen LogP contribution is 2.56. The summed E-state index contributed by atoms with van der Waals surface area (Å²) in [6, 6.07) is 8.07. The second-order valence-electron chi connectivity index (χ2n) is 8.24. The van der Waals surface area contributed by atoms with Crippen LogP contribution >= 0.6 is 0 Å². The van der Waals surface area contributed by atoms with Gasteiger partial charge in [0.25, 0.3) is 5.91 Å². The van der Waals surface area contributed by atoms with Crippen LogP contribution in [0.1, 0.15) is 35.4 Å². The van der Waals surface area contributed by atoms with E-state index in [1.54, 1.807) is 18.7 Å². The van der Waals surface area contributed by atoms with Crippen molar-refractivity contribution in [1.29, 1.82) is 0 Å². The highest BCUT2D eigenvalue weighted by atomic mass is 16.2. The maximum atomic E-state index is 13.5. The Morgan fingerprint density at radius 1 is 1.21 bits per heavy atom. The first-order valence-electron chi connectivity index (χ1n) is 10.2. The average molecular weight is 390 g/mol. The predicted molar refractivity (Wildman–Crippen MR) is 110 cm³/mol. The smallest absolute Gasteiger partial charge is 0.254 e. The second-order valence-corrected chi connectivity index (χ2v) is 8.24. The predicted octanol–water partition coefficient (Wildman–Crippen LogP) is 2.39. The standard InChI is InChI=1S/C22H26N6O/c1-26-12-11-25-20(26)15-28(19-14-22(19)6-8-23-9-7-22)21(29)17-2-4-18(5-3-17)27-13-10-24-16-27/h2-5,10-13,16,19,23H,6-9,14-15H2,1H3. The Bertz CT molecular complexity index is 985. The molecule has 2 fully saturated rings. The highest BCUT2D eigenvalue weighted by Gasteiger charge is 2.57. The van der Waals surface area contributed by atoms with Crippen molar-refractivity contribution in [2.75, 3.05) is 13.1 Å². The Balaban J connectivity index is 1.41. The van der Waals surface area contributed by atoms with Gasteiger partial charge in [0.1, 0.15) is 5.82 Å². The molecule has 0 bridgehead atoms. The fourth-order valence-electron chi connectivity index (χ4n) is 4.61. The summed E-state index contributed by atoms with van der Waals surface area (Å²) >= 11 is 0. The van der Waals surface area contributed by atoms with Gasteiger partial charge in [-0.2, -0.15) is 0 Å². The topological polar surface area (TPSA) is 68.0 Å². The van der Waals surface area contributed by atoms with Gasteiger partial charge >= 0.3 is 0 Å². The third kappa shape index (κ3) is 3.35. The van der Waals surface area contributed by atoms with Gasteiger partial charge in [-0.3, -0.25) is 4.79 Å². The lowest BCUT2D eigenvalue weighted by molar-refractivity contribution is 0.0685. The molecule has 3 heterocycles. The number of aryl methyl sites for hydroxylation is 1. The largest absolute Gasteiger partial charge is 0.337 e. The minimum Gasteiger partial charge on any atom is -0.337 e. The van der Waals surface area contributed by atoms with Crippen LogP contribution in [0.2, 0.25) is 0 Å². The molecule has 1 unspecified atom stereocenters. The number of carbonyl (C=O) groups is 1. The van der Waals surface area contributed by atoms with E-state index in [-0.39, 0.29) is 11.3 Å². The quantitative estimate of drug-likeness (QED) is 0.726. The van der Waals surface area contributed by atoms with E-state index in [2.05, 4.69) is 20.2 Å². The zero-order valence-electron chi connectivity index (χ0n) is 16.7. The average Bonchev–Trinajstić information content (AvgIpc) is 3.11. The SMILES string of the molecule is Cn1ccnc1CN(C(=O)c1ccc(-n2ccnc2)cc1)C1CC12CCNCC2. The number of rotatable bonds is 5. The summed E-state index contributed by atoms with van der Waals surface area (Å²) in [6.45, 7) is 2.63. The fraction of sp³-hybridized carbons (Fsp3) is 0.409. The molecule has 1 aromatic carbocycles. The minimum atomic E-state index is 0.0885. The molecule has 29 heavy (non-hydrogen) atoms. The van der Waals surface area contributed by atoms with E-state index in [1.807, 2.05) is 52.8 Å². The van der Waals surface area contributed by atoms with Gasteiger partial charge in [-0.15, -0.1) is 0 Å². The van der Waals surface area contributed by atoms with E-state index >= 15 is 0 Å². The number of piperidine rings is 1. The molecule has 5 rings (SSSR count). The van der Waals surface area contributed by atoms with Crippen molar-refractivity contribution < 1.29 is 4.79 Å². The Morgan fingerprint density at radius 3 is 2.66 bits per heavy atom. The van der Waals surface area contributed by atoms with Crippen molar-refractivity contribution in [1.82, 2.24) is 29.3 Å². The Morgan fingerprint density at radius 2 is 2.00 bits per heavy atom. The summed E-state index contributed by atoms with van der Waals surface area (Å²) in [4.78, 5) is 24.2. The summed E-state index contributed by atoms with van der Waals surface area (Å²) in [6.07, 6.45) is 12.5. The monoisotopic (exact) mass is 390 g/mol. The van der Waals surface area contributed by atoms with Gasteiger partial charge in [-0.1, -0.05) is 0 Å². The fourth-order valence-corrected chi connectivity index (χ4v) is 4.61. The van der Waals surface area contributed by atoms with E-state index in [9.17, 15) is 4.79 Å². The molecule has 7 heteroatoms. The van der Waals surface area contributed by atoms with E-state index in [4.69, 9.17) is 0 Å². The highest BCUT2D eigenvalue weighted by molar-refractivity contribution is 5.95. The second kappa shape index (κ2) is 7.15. The molecule has 1 saturated carbocycles. The molecular weight excluding hydrogens is 364 g/mol. The number of imidazole rings is 2. The number of benzene rings is 1. The van der Waals surface area contributed by atoms with Crippen LogP contribution in [0.5, 0.6) is 0 Å². The summed E-state index contributed by atoms with van der Waals surface area (Å²) in [5.74, 6) is 1.01. The lowest BCUT2D eigenvalue weighted by Gasteiger charge is -2.29. The third-order valence-corrected chi connectivity index (χ3v) is 6.53. The molecule has 1 saturated heterocycles. The van der Waals surface area contributed by atoms with E-state index in [0.717, 1.165) is 49.4 Å². The number of hydrogen-bond donors (Lipinski definition) is 1. The van der Waals surface area contributed by atoms with Gasteiger partial charge in [0.2, 0.25) is 0 Å². The summed E-state index contributed by atoms with van der Waals surface area (Å²) in [5.41, 5.74) is 2.00. The van der Waals surface area contributed by atoms with Crippen LogP contribution in [0.3, 0.4) is 0 Å². The lowest BCUT2D eigenvalue weighted by atomic mass is 9.93. The van der Waals surface area contributed by atoms with Crippen molar-refractivity contribution in [3.8, 4) is 5.69 Å². The molecule has 1 spiro atoms.